The SMILES string of the molecule is CCO[SiH](OCC)c1cccc(C)c1C. The van der Waals surface area contributed by atoms with Gasteiger partial charge < -0.3 is 8.85 Å². The molecule has 0 fully saturated rings. The van der Waals surface area contributed by atoms with Gasteiger partial charge in [-0.3, -0.25) is 0 Å². The number of benzene rings is 1. The Morgan fingerprint density at radius 1 is 1.07 bits per heavy atom. The van der Waals surface area contributed by atoms with E-state index in [1.165, 1.54) is 16.3 Å². The van der Waals surface area contributed by atoms with E-state index in [0.717, 1.165) is 13.2 Å². The van der Waals surface area contributed by atoms with Crippen LogP contribution in [-0.4, -0.2) is 22.5 Å². The van der Waals surface area contributed by atoms with Crippen molar-refractivity contribution in [3.05, 3.63) is 29.3 Å². The minimum atomic E-state index is -1.66. The first kappa shape index (κ1) is 12.4. The summed E-state index contributed by atoms with van der Waals surface area (Å²) in [5, 5.41) is 1.28. The van der Waals surface area contributed by atoms with Crippen molar-refractivity contribution in [3.63, 3.8) is 0 Å². The van der Waals surface area contributed by atoms with Crippen molar-refractivity contribution >= 4 is 14.5 Å². The molecular weight excluding hydrogens is 204 g/mol. The Morgan fingerprint density at radius 3 is 2.20 bits per heavy atom. The van der Waals surface area contributed by atoms with Crippen LogP contribution in [0.4, 0.5) is 0 Å². The molecule has 0 aliphatic heterocycles. The Kier molecular flexibility index (Phi) is 5.01. The summed E-state index contributed by atoms with van der Waals surface area (Å²) in [6.07, 6.45) is 0. The second-order valence-electron chi connectivity index (χ2n) is 3.53. The van der Waals surface area contributed by atoms with Crippen LogP contribution in [0.25, 0.3) is 0 Å². The summed E-state index contributed by atoms with van der Waals surface area (Å²) in [5.74, 6) is 0. The lowest BCUT2D eigenvalue weighted by molar-refractivity contribution is 0.225. The van der Waals surface area contributed by atoms with Crippen molar-refractivity contribution in [2.75, 3.05) is 13.2 Å². The molecule has 1 rings (SSSR count). The Bertz CT molecular complexity index is 306. The molecule has 15 heavy (non-hydrogen) atoms. The van der Waals surface area contributed by atoms with Crippen LogP contribution in [-0.2, 0) is 8.85 Å². The van der Waals surface area contributed by atoms with Crippen molar-refractivity contribution in [2.24, 2.45) is 0 Å². The third kappa shape index (κ3) is 3.16. The van der Waals surface area contributed by atoms with E-state index in [2.05, 4.69) is 32.0 Å². The molecule has 1 aromatic rings. The van der Waals surface area contributed by atoms with Gasteiger partial charge in [-0.2, -0.15) is 0 Å². The minimum absolute atomic E-state index is 0.726. The number of rotatable bonds is 5. The molecule has 0 atom stereocenters. The monoisotopic (exact) mass is 224 g/mol. The maximum Gasteiger partial charge on any atom is 0.356 e. The van der Waals surface area contributed by atoms with E-state index in [9.17, 15) is 0 Å². The predicted molar refractivity (Wildman–Crippen MR) is 66.0 cm³/mol. The van der Waals surface area contributed by atoms with Crippen LogP contribution in [0.2, 0.25) is 0 Å². The summed E-state index contributed by atoms with van der Waals surface area (Å²) in [4.78, 5) is 0. The molecule has 0 heterocycles. The fourth-order valence-corrected chi connectivity index (χ4v) is 3.47. The van der Waals surface area contributed by atoms with Gasteiger partial charge in [-0.1, -0.05) is 18.2 Å². The zero-order valence-electron chi connectivity index (χ0n) is 10.0. The van der Waals surface area contributed by atoms with Gasteiger partial charge >= 0.3 is 9.28 Å². The third-order valence-electron chi connectivity index (χ3n) is 2.54. The van der Waals surface area contributed by atoms with Gasteiger partial charge in [0, 0.05) is 13.2 Å². The van der Waals surface area contributed by atoms with Gasteiger partial charge in [0.15, 0.2) is 0 Å². The predicted octanol–water partition coefficient (Wildman–Crippen LogP) is 1.80. The quantitative estimate of drug-likeness (QED) is 0.710. The maximum absolute atomic E-state index is 5.72. The van der Waals surface area contributed by atoms with Crippen LogP contribution in [0.15, 0.2) is 18.2 Å². The van der Waals surface area contributed by atoms with Gasteiger partial charge in [0.05, 0.1) is 0 Å². The smallest absolute Gasteiger partial charge is 0.356 e. The molecule has 0 spiro atoms. The summed E-state index contributed by atoms with van der Waals surface area (Å²) >= 11 is 0. The van der Waals surface area contributed by atoms with Crippen LogP contribution >= 0.6 is 0 Å². The fourth-order valence-electron chi connectivity index (χ4n) is 1.56. The summed E-state index contributed by atoms with van der Waals surface area (Å²) in [6.45, 7) is 9.76. The number of hydrogen-bond acceptors (Lipinski definition) is 2. The normalized spacial score (nSPS) is 11.0. The van der Waals surface area contributed by atoms with Crippen molar-refractivity contribution in [3.8, 4) is 0 Å². The van der Waals surface area contributed by atoms with E-state index in [-0.39, 0.29) is 0 Å². The largest absolute Gasteiger partial charge is 0.394 e. The highest BCUT2D eigenvalue weighted by molar-refractivity contribution is 6.61. The molecule has 0 amide bonds. The Labute approximate surface area is 94.1 Å². The van der Waals surface area contributed by atoms with E-state index in [0.29, 0.717) is 0 Å². The Morgan fingerprint density at radius 2 is 1.67 bits per heavy atom. The van der Waals surface area contributed by atoms with Crippen LogP contribution in [0.3, 0.4) is 0 Å². The van der Waals surface area contributed by atoms with Crippen molar-refractivity contribution in [1.29, 1.82) is 0 Å². The molecule has 0 radical (unpaired) electrons. The van der Waals surface area contributed by atoms with E-state index in [1.54, 1.807) is 0 Å². The first-order valence-electron chi connectivity index (χ1n) is 5.50. The van der Waals surface area contributed by atoms with Crippen molar-refractivity contribution in [1.82, 2.24) is 0 Å². The van der Waals surface area contributed by atoms with E-state index < -0.39 is 9.28 Å². The molecule has 0 saturated carbocycles. The van der Waals surface area contributed by atoms with Crippen molar-refractivity contribution < 1.29 is 8.85 Å². The zero-order valence-corrected chi connectivity index (χ0v) is 11.2. The van der Waals surface area contributed by atoms with Gasteiger partial charge in [-0.25, -0.2) is 0 Å². The van der Waals surface area contributed by atoms with E-state index >= 15 is 0 Å². The third-order valence-corrected chi connectivity index (χ3v) is 4.94. The summed E-state index contributed by atoms with van der Waals surface area (Å²) in [5.41, 5.74) is 2.63. The topological polar surface area (TPSA) is 18.5 Å². The molecule has 1 aromatic carbocycles. The lowest BCUT2D eigenvalue weighted by Crippen LogP contribution is -2.39. The van der Waals surface area contributed by atoms with Crippen LogP contribution in [0.5, 0.6) is 0 Å². The molecule has 0 saturated heterocycles. The molecule has 0 unspecified atom stereocenters. The van der Waals surface area contributed by atoms with E-state index in [1.807, 2.05) is 13.8 Å². The van der Waals surface area contributed by atoms with Gasteiger partial charge in [0.1, 0.15) is 0 Å². The van der Waals surface area contributed by atoms with Gasteiger partial charge in [-0.15, -0.1) is 0 Å². The lowest BCUT2D eigenvalue weighted by Gasteiger charge is -2.18. The van der Waals surface area contributed by atoms with Gasteiger partial charge in [0.25, 0.3) is 0 Å². The van der Waals surface area contributed by atoms with Crippen LogP contribution in [0.1, 0.15) is 25.0 Å². The summed E-state index contributed by atoms with van der Waals surface area (Å²) in [6, 6.07) is 6.34. The second-order valence-corrected chi connectivity index (χ2v) is 5.48. The Balaban J connectivity index is 2.94. The summed E-state index contributed by atoms with van der Waals surface area (Å²) in [7, 11) is -1.66. The molecule has 84 valence electrons. The standard InChI is InChI=1S/C12H20O2Si/c1-5-13-15(14-6-2)12-9-7-8-10(3)11(12)4/h7-9,15H,5-6H2,1-4H3. The average Bonchev–Trinajstić information content (AvgIpc) is 2.22. The number of aryl methyl sites for hydroxylation is 1. The highest BCUT2D eigenvalue weighted by Gasteiger charge is 2.18. The van der Waals surface area contributed by atoms with Gasteiger partial charge in [-0.05, 0) is 44.0 Å². The molecule has 0 bridgehead atoms. The molecule has 3 heteroatoms. The lowest BCUT2D eigenvalue weighted by atomic mass is 10.1. The summed E-state index contributed by atoms with van der Waals surface area (Å²) < 4.78 is 11.4. The second kappa shape index (κ2) is 6.05. The molecule has 0 aromatic heterocycles. The fraction of sp³-hybridized carbons (Fsp3) is 0.500. The van der Waals surface area contributed by atoms with Gasteiger partial charge in [0.2, 0.25) is 0 Å². The highest BCUT2D eigenvalue weighted by atomic mass is 28.3. The zero-order chi connectivity index (χ0) is 11.3. The molecule has 0 aliphatic carbocycles. The molecule has 0 N–H and O–H groups in total. The first-order valence-corrected chi connectivity index (χ1v) is 7.02. The first-order chi connectivity index (χ1) is 7.20. The maximum atomic E-state index is 5.72. The van der Waals surface area contributed by atoms with E-state index in [4.69, 9.17) is 8.85 Å². The number of hydrogen-bond donors (Lipinski definition) is 0. The molecule has 2 nitrogen and oxygen atoms in total. The molecule has 0 aliphatic rings. The van der Waals surface area contributed by atoms with Crippen molar-refractivity contribution in [2.45, 2.75) is 27.7 Å². The van der Waals surface area contributed by atoms with Crippen LogP contribution in [0, 0.1) is 13.8 Å². The molecular formula is C12H20O2Si. The van der Waals surface area contributed by atoms with Crippen LogP contribution < -0.4 is 5.19 Å². The minimum Gasteiger partial charge on any atom is -0.394 e. The average molecular weight is 224 g/mol. The highest BCUT2D eigenvalue weighted by Crippen LogP contribution is 2.05. The Hall–Kier alpha value is -0.643.